The summed E-state index contributed by atoms with van der Waals surface area (Å²) in [4.78, 5) is 62.6. The Balaban J connectivity index is 2.16. The zero-order valence-corrected chi connectivity index (χ0v) is 26.6. The molecule has 41 heavy (non-hydrogen) atoms. The molecular formula is C29H54N6O6. The van der Waals surface area contributed by atoms with E-state index in [2.05, 4.69) is 37.5 Å². The SMILES string of the molecule is CCCN(CCC)C[C@@H](O)CN1C(=O)N(CN2C(=O)N(C[C@@H](O)CN(CCC)CCC)C(=O)C2(C)C)C(C)(C)C1=O. The Hall–Kier alpha value is -2.28. The average molecular weight is 583 g/mol. The third-order valence-corrected chi connectivity index (χ3v) is 7.98. The van der Waals surface area contributed by atoms with Crippen molar-refractivity contribution in [3.05, 3.63) is 0 Å². The Kier molecular flexibility index (Phi) is 12.6. The zero-order valence-electron chi connectivity index (χ0n) is 26.6. The molecule has 12 heteroatoms. The number of carbonyl (C=O) groups is 4. The smallest absolute Gasteiger partial charge is 0.329 e. The molecule has 0 aromatic carbocycles. The van der Waals surface area contributed by atoms with Crippen LogP contribution in [-0.2, 0) is 9.59 Å². The van der Waals surface area contributed by atoms with Gasteiger partial charge in [-0.15, -0.1) is 0 Å². The van der Waals surface area contributed by atoms with E-state index in [0.717, 1.165) is 61.7 Å². The molecule has 2 aliphatic heterocycles. The lowest BCUT2D eigenvalue weighted by atomic mass is 10.0. The topological polar surface area (TPSA) is 128 Å². The number of aliphatic hydroxyl groups is 2. The Morgan fingerprint density at radius 2 is 0.902 bits per heavy atom. The van der Waals surface area contributed by atoms with E-state index in [-0.39, 0.29) is 19.8 Å². The van der Waals surface area contributed by atoms with Gasteiger partial charge in [0.2, 0.25) is 0 Å². The molecule has 0 aromatic rings. The summed E-state index contributed by atoms with van der Waals surface area (Å²) in [6.07, 6.45) is 1.88. The highest BCUT2D eigenvalue weighted by molar-refractivity contribution is 6.08. The zero-order chi connectivity index (χ0) is 31.1. The number of carbonyl (C=O) groups excluding carboxylic acids is 4. The van der Waals surface area contributed by atoms with Gasteiger partial charge in [0.1, 0.15) is 17.7 Å². The van der Waals surface area contributed by atoms with Gasteiger partial charge in [-0.2, -0.15) is 0 Å². The molecule has 236 valence electrons. The molecule has 2 heterocycles. The second kappa shape index (κ2) is 14.8. The maximum Gasteiger partial charge on any atom is 0.329 e. The summed E-state index contributed by atoms with van der Waals surface area (Å²) in [7, 11) is 0. The third kappa shape index (κ3) is 7.97. The number of aliphatic hydroxyl groups excluding tert-OH is 2. The van der Waals surface area contributed by atoms with E-state index in [1.165, 1.54) is 9.80 Å². The second-order valence-corrected chi connectivity index (χ2v) is 12.4. The van der Waals surface area contributed by atoms with Gasteiger partial charge in [-0.25, -0.2) is 9.59 Å². The predicted octanol–water partition coefficient (Wildman–Crippen LogP) is 2.00. The fraction of sp³-hybridized carbons (Fsp3) is 0.862. The number of hydrogen-bond donors (Lipinski definition) is 2. The van der Waals surface area contributed by atoms with E-state index in [9.17, 15) is 29.4 Å². The molecule has 0 unspecified atom stereocenters. The van der Waals surface area contributed by atoms with Gasteiger partial charge >= 0.3 is 12.1 Å². The van der Waals surface area contributed by atoms with Crippen LogP contribution < -0.4 is 0 Å². The first-order valence-corrected chi connectivity index (χ1v) is 15.2. The molecule has 0 saturated carbocycles. The molecule has 0 spiro atoms. The fourth-order valence-electron chi connectivity index (χ4n) is 5.76. The molecule has 2 aliphatic rings. The van der Waals surface area contributed by atoms with E-state index in [0.29, 0.717) is 13.1 Å². The first kappa shape index (κ1) is 34.9. The standard InChI is InChI=1S/C29H54N6O6/c1-9-13-30(14-10-2)17-22(36)19-32-24(38)28(5,6)34(26(32)40)21-35-27(41)33(25(39)29(35,7)8)20-23(37)18-31(15-11-3)16-12-4/h22-23,36-37H,9-21H2,1-8H3/t22-,23+. The minimum atomic E-state index is -1.28. The lowest BCUT2D eigenvalue weighted by molar-refractivity contribution is -0.134. The average Bonchev–Trinajstić information content (AvgIpc) is 3.14. The van der Waals surface area contributed by atoms with Crippen LogP contribution in [0.2, 0.25) is 0 Å². The van der Waals surface area contributed by atoms with Gasteiger partial charge in [0.15, 0.2) is 0 Å². The van der Waals surface area contributed by atoms with E-state index in [1.807, 2.05) is 0 Å². The van der Waals surface area contributed by atoms with Crippen molar-refractivity contribution in [2.75, 3.05) is 59.0 Å². The van der Waals surface area contributed by atoms with Crippen molar-refractivity contribution in [2.45, 2.75) is 104 Å². The molecule has 2 fully saturated rings. The number of urea groups is 2. The van der Waals surface area contributed by atoms with E-state index in [4.69, 9.17) is 0 Å². The lowest BCUT2D eigenvalue weighted by Crippen LogP contribution is -2.55. The number of hydrogen-bond acceptors (Lipinski definition) is 8. The maximum absolute atomic E-state index is 13.5. The van der Waals surface area contributed by atoms with Gasteiger partial charge in [-0.05, 0) is 79.6 Å². The van der Waals surface area contributed by atoms with Crippen molar-refractivity contribution in [3.8, 4) is 0 Å². The van der Waals surface area contributed by atoms with Crippen LogP contribution in [-0.4, -0.2) is 146 Å². The second-order valence-electron chi connectivity index (χ2n) is 12.4. The maximum atomic E-state index is 13.5. The molecule has 6 amide bonds. The van der Waals surface area contributed by atoms with Gasteiger partial charge < -0.3 is 20.0 Å². The van der Waals surface area contributed by atoms with Crippen molar-refractivity contribution in [1.82, 2.24) is 29.4 Å². The van der Waals surface area contributed by atoms with Gasteiger partial charge in [0.25, 0.3) is 11.8 Å². The largest absolute Gasteiger partial charge is 0.390 e. The quantitative estimate of drug-likeness (QED) is 0.235. The van der Waals surface area contributed by atoms with Crippen molar-refractivity contribution in [1.29, 1.82) is 0 Å². The Morgan fingerprint density at radius 3 is 1.17 bits per heavy atom. The molecule has 0 bridgehead atoms. The molecule has 12 nitrogen and oxygen atoms in total. The summed E-state index contributed by atoms with van der Waals surface area (Å²) in [6, 6.07) is -1.22. The Labute approximate surface area is 246 Å². The van der Waals surface area contributed by atoms with Gasteiger partial charge in [-0.1, -0.05) is 27.7 Å². The normalized spacial score (nSPS) is 20.4. The highest BCUT2D eigenvalue weighted by Crippen LogP contribution is 2.33. The number of nitrogens with zero attached hydrogens (tertiary/aromatic N) is 6. The van der Waals surface area contributed by atoms with Gasteiger partial charge in [0.05, 0.1) is 25.3 Å². The van der Waals surface area contributed by atoms with Crippen LogP contribution in [0.25, 0.3) is 0 Å². The molecular weight excluding hydrogens is 528 g/mol. The molecule has 2 rings (SSSR count). The number of rotatable bonds is 18. The van der Waals surface area contributed by atoms with Crippen LogP contribution in [0, 0.1) is 0 Å². The fourth-order valence-corrected chi connectivity index (χ4v) is 5.76. The number of amides is 6. The third-order valence-electron chi connectivity index (χ3n) is 7.98. The molecule has 2 saturated heterocycles. The van der Waals surface area contributed by atoms with Gasteiger partial charge in [-0.3, -0.25) is 29.2 Å². The number of imide groups is 2. The summed E-state index contributed by atoms with van der Waals surface area (Å²) in [5.41, 5.74) is -2.56. The molecule has 0 aliphatic carbocycles. The minimum Gasteiger partial charge on any atom is -0.390 e. The van der Waals surface area contributed by atoms with Crippen LogP contribution in [0.5, 0.6) is 0 Å². The molecule has 2 N–H and O–H groups in total. The summed E-state index contributed by atoms with van der Waals surface area (Å²) in [5.74, 6) is -0.928. The highest BCUT2D eigenvalue weighted by atomic mass is 16.3. The van der Waals surface area contributed by atoms with E-state index < -0.39 is 47.2 Å². The van der Waals surface area contributed by atoms with Crippen LogP contribution in [0.3, 0.4) is 0 Å². The minimum absolute atomic E-state index is 0.151. The van der Waals surface area contributed by atoms with E-state index in [1.54, 1.807) is 27.7 Å². The van der Waals surface area contributed by atoms with E-state index >= 15 is 0 Å². The molecule has 2 atom stereocenters. The molecule has 0 radical (unpaired) electrons. The summed E-state index contributed by atoms with van der Waals surface area (Å²) in [6.45, 7) is 18.0. The Morgan fingerprint density at radius 1 is 0.610 bits per heavy atom. The predicted molar refractivity (Wildman–Crippen MR) is 157 cm³/mol. The van der Waals surface area contributed by atoms with Crippen LogP contribution in [0.1, 0.15) is 81.1 Å². The summed E-state index contributed by atoms with van der Waals surface area (Å²) in [5, 5.41) is 21.5. The first-order chi connectivity index (χ1) is 19.2. The Bertz CT molecular complexity index is 843. The first-order valence-electron chi connectivity index (χ1n) is 15.2. The summed E-state index contributed by atoms with van der Waals surface area (Å²) < 4.78 is 0. The number of β-amino-alcohol motifs (C(OH)–C–C–N with tert-alkyl or cyclic N) is 2. The van der Waals surface area contributed by atoms with Gasteiger partial charge in [0, 0.05) is 13.1 Å². The molecule has 0 aromatic heterocycles. The highest BCUT2D eigenvalue weighted by Gasteiger charge is 2.57. The van der Waals surface area contributed by atoms with Crippen LogP contribution in [0.15, 0.2) is 0 Å². The lowest BCUT2D eigenvalue weighted by Gasteiger charge is -2.36. The monoisotopic (exact) mass is 582 g/mol. The van der Waals surface area contributed by atoms with Crippen molar-refractivity contribution >= 4 is 23.9 Å². The van der Waals surface area contributed by atoms with Crippen molar-refractivity contribution in [3.63, 3.8) is 0 Å². The van der Waals surface area contributed by atoms with Crippen molar-refractivity contribution < 1.29 is 29.4 Å². The van der Waals surface area contributed by atoms with Crippen molar-refractivity contribution in [2.24, 2.45) is 0 Å². The van der Waals surface area contributed by atoms with Crippen LogP contribution in [0.4, 0.5) is 9.59 Å². The van der Waals surface area contributed by atoms with Crippen LogP contribution >= 0.6 is 0 Å². The summed E-state index contributed by atoms with van der Waals surface area (Å²) >= 11 is 0.